The van der Waals surface area contributed by atoms with Crippen LogP contribution in [-0.2, 0) is 38.0 Å². The first-order valence-electron chi connectivity index (χ1n) is 23.6. The van der Waals surface area contributed by atoms with E-state index in [1.807, 2.05) is 101 Å². The summed E-state index contributed by atoms with van der Waals surface area (Å²) in [6, 6.07) is 9.19. The Hall–Kier alpha value is -2.64. The molecule has 2 aromatic rings. The summed E-state index contributed by atoms with van der Waals surface area (Å²) in [6.45, 7) is 19.1. The zero-order chi connectivity index (χ0) is 48.2. The van der Waals surface area contributed by atoms with Crippen molar-refractivity contribution in [3.05, 3.63) is 48.2 Å². The summed E-state index contributed by atoms with van der Waals surface area (Å²) < 4.78 is 46.0. The lowest BCUT2D eigenvalue weighted by atomic mass is 9.77. The predicted octanol–water partition coefficient (Wildman–Crippen LogP) is 5.19. The number of aliphatic hydroxyl groups excluding tert-OH is 3. The molecule has 4 N–H and O–H groups in total. The SMILES string of the molecule is CC[C@H]1OC(=O)[C@H](C)[C@@H](O[C@H]2CC(C)(OC)[C@@H](O)[C@H](C)O2)[C@H](C)[C@@H](O[C@@H]2O[C@H](C)C[C@H](N(C)C)[C@H]2O)[C@](C)(OC/C=C/c2cnc3ccccc3c2)C[C@@H](C)CN(C)[C@H](C)[C@@H](O)[C@]1(C)O. The number of likely N-dealkylation sites (N-methyl/N-ethyl adjacent to an activating group) is 2. The number of carbonyl (C=O) groups excluding carboxylic acids is 1. The monoisotopic (exact) mass is 916 g/mol. The highest BCUT2D eigenvalue weighted by Crippen LogP contribution is 2.41. The van der Waals surface area contributed by atoms with E-state index in [4.69, 9.17) is 33.2 Å². The van der Waals surface area contributed by atoms with Gasteiger partial charge in [0, 0.05) is 49.7 Å². The van der Waals surface area contributed by atoms with Crippen LogP contribution >= 0.6 is 0 Å². The fourth-order valence-corrected chi connectivity index (χ4v) is 10.5. The molecule has 65 heavy (non-hydrogen) atoms. The number of aliphatic hydroxyl groups is 4. The van der Waals surface area contributed by atoms with Gasteiger partial charge in [0.15, 0.2) is 12.6 Å². The van der Waals surface area contributed by atoms with E-state index in [2.05, 4.69) is 18.0 Å². The third-order valence-corrected chi connectivity index (χ3v) is 14.6. The van der Waals surface area contributed by atoms with E-state index in [-0.39, 0.29) is 37.5 Å². The quantitative estimate of drug-likeness (QED) is 0.216. The van der Waals surface area contributed by atoms with Gasteiger partial charge in [-0.3, -0.25) is 9.78 Å². The van der Waals surface area contributed by atoms with E-state index in [0.717, 1.165) is 16.5 Å². The Kier molecular flexibility index (Phi) is 18.2. The van der Waals surface area contributed by atoms with Crippen molar-refractivity contribution < 1.29 is 58.4 Å². The number of rotatable bonds is 11. The minimum absolute atomic E-state index is 0.0876. The number of aromatic nitrogens is 1. The van der Waals surface area contributed by atoms with Crippen LogP contribution in [0.2, 0.25) is 0 Å². The number of ether oxygens (including phenoxy) is 7. The van der Waals surface area contributed by atoms with E-state index in [1.54, 1.807) is 27.7 Å². The van der Waals surface area contributed by atoms with Crippen molar-refractivity contribution >= 4 is 22.9 Å². The van der Waals surface area contributed by atoms with E-state index in [0.29, 0.717) is 19.4 Å². The third kappa shape index (κ3) is 12.3. The molecule has 0 aliphatic carbocycles. The van der Waals surface area contributed by atoms with Crippen LogP contribution in [0.15, 0.2) is 42.6 Å². The van der Waals surface area contributed by atoms with Gasteiger partial charge in [-0.2, -0.15) is 0 Å². The van der Waals surface area contributed by atoms with Gasteiger partial charge in [0.1, 0.15) is 30.0 Å². The summed E-state index contributed by atoms with van der Waals surface area (Å²) in [6.07, 6.45) is -2.12. The zero-order valence-electron chi connectivity index (χ0n) is 41.4. The van der Waals surface area contributed by atoms with Gasteiger partial charge >= 0.3 is 5.97 Å². The van der Waals surface area contributed by atoms with Gasteiger partial charge in [-0.05, 0) is 112 Å². The van der Waals surface area contributed by atoms with E-state index >= 15 is 0 Å². The molecule has 0 saturated carbocycles. The van der Waals surface area contributed by atoms with E-state index < -0.39 is 96.0 Å². The molecular weight excluding hydrogens is 835 g/mol. The molecule has 3 fully saturated rings. The van der Waals surface area contributed by atoms with Crippen LogP contribution < -0.4 is 0 Å². The molecule has 368 valence electrons. The van der Waals surface area contributed by atoms with Crippen LogP contribution in [0.4, 0.5) is 0 Å². The number of hydrogen-bond acceptors (Lipinski definition) is 15. The van der Waals surface area contributed by atoms with Crippen LogP contribution in [0.3, 0.4) is 0 Å². The van der Waals surface area contributed by atoms with Crippen molar-refractivity contribution in [3.8, 4) is 0 Å². The minimum Gasteiger partial charge on any atom is -0.459 e. The second-order valence-corrected chi connectivity index (χ2v) is 20.3. The Morgan fingerprint density at radius 2 is 1.66 bits per heavy atom. The highest BCUT2D eigenvalue weighted by atomic mass is 16.7. The van der Waals surface area contributed by atoms with E-state index in [9.17, 15) is 25.2 Å². The number of hydrogen-bond donors (Lipinski definition) is 4. The molecule has 4 heterocycles. The summed E-state index contributed by atoms with van der Waals surface area (Å²) in [7, 11) is 7.27. The van der Waals surface area contributed by atoms with Crippen LogP contribution in [-0.4, -0.2) is 173 Å². The fraction of sp³-hybridized carbons (Fsp3) is 0.760. The molecule has 1 aromatic heterocycles. The van der Waals surface area contributed by atoms with Crippen LogP contribution in [0.5, 0.6) is 0 Å². The second-order valence-electron chi connectivity index (χ2n) is 20.3. The predicted molar refractivity (Wildman–Crippen MR) is 249 cm³/mol. The number of methoxy groups -OCH3 is 1. The zero-order valence-corrected chi connectivity index (χ0v) is 41.4. The molecule has 1 unspecified atom stereocenters. The van der Waals surface area contributed by atoms with Gasteiger partial charge in [-0.1, -0.05) is 51.1 Å². The molecular formula is C50H81N3O12. The number of esters is 1. The maximum Gasteiger partial charge on any atom is 0.311 e. The van der Waals surface area contributed by atoms with E-state index in [1.165, 1.54) is 14.0 Å². The standard InChI is InChI=1S/C50H81N3O12/c1-15-39-50(10,58)43(55)33(6)53(13)28-29(2)25-49(9,60-22-18-19-35-24-36-20-16-17-21-37(36)51-27-35)45(65-47-41(54)38(52(11)12)23-30(3)61-47)31(4)42(32(5)46(57)63-39)64-40-26-48(8,59-14)44(56)34(7)62-40/h16-21,24,27,29-34,38-45,47,54-56,58H,15,22-23,25-26,28H2,1-14H3/b19-18+/t29-,30-,31+,32-,33-,34+,38+,39-,40+,41-,42+,43-,44+,45-,47+,48?,49-,50-/m1/s1. The second kappa shape index (κ2) is 22.2. The maximum absolute atomic E-state index is 14.6. The number of fused-ring (bicyclic) bond motifs is 1. The lowest BCUT2D eigenvalue weighted by molar-refractivity contribution is -0.320. The van der Waals surface area contributed by atoms with Crippen LogP contribution in [0.25, 0.3) is 17.0 Å². The normalized spacial score (nSPS) is 42.2. The van der Waals surface area contributed by atoms with Crippen molar-refractivity contribution in [1.82, 2.24) is 14.8 Å². The summed E-state index contributed by atoms with van der Waals surface area (Å²) in [5, 5.41) is 47.9. The first-order valence-corrected chi connectivity index (χ1v) is 23.6. The van der Waals surface area contributed by atoms with Crippen LogP contribution in [0.1, 0.15) is 100 Å². The first-order chi connectivity index (χ1) is 30.5. The molecule has 0 amide bonds. The Labute approximate surface area is 387 Å². The summed E-state index contributed by atoms with van der Waals surface area (Å²) in [5.41, 5.74) is -2.19. The van der Waals surface area contributed by atoms with Gasteiger partial charge in [0.2, 0.25) is 0 Å². The third-order valence-electron chi connectivity index (χ3n) is 14.6. The van der Waals surface area contributed by atoms with Crippen molar-refractivity contribution in [2.75, 3.05) is 41.4 Å². The Balaban J connectivity index is 1.65. The molecule has 15 nitrogen and oxygen atoms in total. The number of para-hydroxylation sites is 1. The number of nitrogens with zero attached hydrogens (tertiary/aromatic N) is 3. The highest BCUT2D eigenvalue weighted by Gasteiger charge is 2.53. The fourth-order valence-electron chi connectivity index (χ4n) is 10.5. The van der Waals surface area contributed by atoms with Crippen LogP contribution in [0, 0.1) is 17.8 Å². The Bertz CT molecular complexity index is 1870. The van der Waals surface area contributed by atoms with Gasteiger partial charge in [-0.15, -0.1) is 0 Å². The smallest absolute Gasteiger partial charge is 0.311 e. The lowest BCUT2D eigenvalue weighted by Crippen LogP contribution is -2.61. The minimum atomic E-state index is -1.81. The Morgan fingerprint density at radius 3 is 2.32 bits per heavy atom. The molecule has 1 aromatic carbocycles. The average molecular weight is 916 g/mol. The number of pyridine rings is 1. The van der Waals surface area contributed by atoms with Crippen molar-refractivity contribution in [3.63, 3.8) is 0 Å². The lowest BCUT2D eigenvalue weighted by Gasteiger charge is -2.50. The Morgan fingerprint density at radius 1 is 0.969 bits per heavy atom. The number of benzene rings is 1. The first kappa shape index (κ1) is 53.3. The molecule has 3 aliphatic rings. The van der Waals surface area contributed by atoms with Crippen molar-refractivity contribution in [2.24, 2.45) is 17.8 Å². The molecule has 3 saturated heterocycles. The summed E-state index contributed by atoms with van der Waals surface area (Å²) in [5.74, 6) is -2.44. The maximum atomic E-state index is 14.6. The van der Waals surface area contributed by atoms with Gasteiger partial charge < -0.3 is 63.4 Å². The van der Waals surface area contributed by atoms with Crippen molar-refractivity contribution in [2.45, 2.75) is 185 Å². The van der Waals surface area contributed by atoms with Gasteiger partial charge in [0.05, 0.1) is 53.7 Å². The summed E-state index contributed by atoms with van der Waals surface area (Å²) in [4.78, 5) is 23.2. The summed E-state index contributed by atoms with van der Waals surface area (Å²) >= 11 is 0. The van der Waals surface area contributed by atoms with Gasteiger partial charge in [-0.25, -0.2) is 0 Å². The molecule has 15 heteroatoms. The largest absolute Gasteiger partial charge is 0.459 e. The molecule has 0 bridgehead atoms. The van der Waals surface area contributed by atoms with Gasteiger partial charge in [0.25, 0.3) is 0 Å². The molecule has 5 rings (SSSR count). The molecule has 0 spiro atoms. The molecule has 0 radical (unpaired) electrons. The van der Waals surface area contributed by atoms with Crippen molar-refractivity contribution in [1.29, 1.82) is 0 Å². The highest BCUT2D eigenvalue weighted by molar-refractivity contribution is 5.80. The molecule has 18 atom stereocenters. The number of cyclic esters (lactones) is 1. The molecule has 3 aliphatic heterocycles. The topological polar surface area (TPSA) is 182 Å². The average Bonchev–Trinajstić information content (AvgIpc) is 3.26. The number of carbonyl (C=O) groups is 1.